The van der Waals surface area contributed by atoms with Crippen LogP contribution in [0.25, 0.3) is 0 Å². The van der Waals surface area contributed by atoms with Gasteiger partial charge in [-0.25, -0.2) is 0 Å². The van der Waals surface area contributed by atoms with E-state index < -0.39 is 5.97 Å². The van der Waals surface area contributed by atoms with Crippen LogP contribution in [0.2, 0.25) is 0 Å². The first-order chi connectivity index (χ1) is 8.93. The van der Waals surface area contributed by atoms with Crippen molar-refractivity contribution in [2.24, 2.45) is 5.92 Å². The maximum atomic E-state index is 10.9. The predicted octanol–water partition coefficient (Wildman–Crippen LogP) is 2.61. The minimum absolute atomic E-state index is 0.174. The molecule has 1 aliphatic carbocycles. The summed E-state index contributed by atoms with van der Waals surface area (Å²) in [6, 6.07) is 4.48. The number of hydrogen-bond donors (Lipinski definition) is 1. The first-order valence-electron chi connectivity index (χ1n) is 6.55. The van der Waals surface area contributed by atoms with Crippen LogP contribution in [-0.4, -0.2) is 31.3 Å². The molecule has 1 aromatic carbocycles. The number of aryl methyl sites for hydroxylation is 2. The van der Waals surface area contributed by atoms with Crippen LogP contribution in [0, 0.1) is 19.8 Å². The molecule has 0 radical (unpaired) electrons. The Kier molecular flexibility index (Phi) is 3.69. The lowest BCUT2D eigenvalue weighted by atomic mass is 9.79. The summed E-state index contributed by atoms with van der Waals surface area (Å²) in [5.41, 5.74) is 3.42. The van der Waals surface area contributed by atoms with Crippen molar-refractivity contribution in [3.05, 3.63) is 23.3 Å². The predicted molar refractivity (Wildman–Crippen MR) is 75.0 cm³/mol. The van der Waals surface area contributed by atoms with Crippen LogP contribution in [0.1, 0.15) is 24.0 Å². The topological polar surface area (TPSA) is 49.8 Å². The van der Waals surface area contributed by atoms with E-state index in [1.54, 1.807) is 7.11 Å². The average Bonchev–Trinajstić information content (AvgIpc) is 2.28. The fourth-order valence-electron chi connectivity index (χ4n) is 2.68. The van der Waals surface area contributed by atoms with Crippen LogP contribution < -0.4 is 9.64 Å². The van der Waals surface area contributed by atoms with E-state index in [1.165, 1.54) is 0 Å². The van der Waals surface area contributed by atoms with Gasteiger partial charge >= 0.3 is 5.97 Å². The lowest BCUT2D eigenvalue weighted by molar-refractivity contribution is -0.145. The lowest BCUT2D eigenvalue weighted by Gasteiger charge is -2.41. The maximum absolute atomic E-state index is 10.9. The summed E-state index contributed by atoms with van der Waals surface area (Å²) in [7, 11) is 3.71. The molecule has 0 aromatic heterocycles. The third-order valence-corrected chi connectivity index (χ3v) is 4.10. The molecule has 4 nitrogen and oxygen atoms in total. The molecule has 1 saturated carbocycles. The third-order valence-electron chi connectivity index (χ3n) is 4.10. The Morgan fingerprint density at radius 2 is 1.95 bits per heavy atom. The maximum Gasteiger partial charge on any atom is 0.306 e. The molecule has 0 spiro atoms. The van der Waals surface area contributed by atoms with E-state index in [4.69, 9.17) is 9.84 Å². The number of ether oxygens (including phenoxy) is 1. The molecule has 1 N–H and O–H groups in total. The number of benzene rings is 1. The summed E-state index contributed by atoms with van der Waals surface area (Å²) < 4.78 is 5.31. The molecule has 0 atom stereocenters. The van der Waals surface area contributed by atoms with Crippen molar-refractivity contribution in [1.29, 1.82) is 0 Å². The van der Waals surface area contributed by atoms with E-state index in [-0.39, 0.29) is 5.92 Å². The van der Waals surface area contributed by atoms with Crippen LogP contribution in [0.15, 0.2) is 12.1 Å². The SMILES string of the molecule is COc1cc(C)c(N(C)C2CC(C(=O)O)C2)cc1C. The van der Waals surface area contributed by atoms with E-state index in [2.05, 4.69) is 17.9 Å². The van der Waals surface area contributed by atoms with Crippen LogP contribution in [0.3, 0.4) is 0 Å². The Hall–Kier alpha value is -1.71. The Balaban J connectivity index is 2.14. The Bertz CT molecular complexity index is 492. The van der Waals surface area contributed by atoms with E-state index in [1.807, 2.05) is 20.0 Å². The van der Waals surface area contributed by atoms with Gasteiger partial charge in [-0.2, -0.15) is 0 Å². The summed E-state index contributed by atoms with van der Waals surface area (Å²) in [4.78, 5) is 13.1. The van der Waals surface area contributed by atoms with Gasteiger partial charge in [-0.05, 0) is 49.9 Å². The van der Waals surface area contributed by atoms with Crippen molar-refractivity contribution in [3.63, 3.8) is 0 Å². The number of methoxy groups -OCH3 is 1. The van der Waals surface area contributed by atoms with E-state index in [0.29, 0.717) is 6.04 Å². The summed E-state index contributed by atoms with van der Waals surface area (Å²) in [5.74, 6) is 0.0473. The van der Waals surface area contributed by atoms with Crippen LogP contribution in [0.5, 0.6) is 5.75 Å². The van der Waals surface area contributed by atoms with Crippen molar-refractivity contribution in [3.8, 4) is 5.75 Å². The molecule has 1 aromatic rings. The molecule has 0 amide bonds. The number of nitrogens with zero attached hydrogens (tertiary/aromatic N) is 1. The Morgan fingerprint density at radius 1 is 1.32 bits per heavy atom. The number of carboxylic acids is 1. The summed E-state index contributed by atoms with van der Waals surface area (Å²) >= 11 is 0. The Morgan fingerprint density at radius 3 is 2.47 bits per heavy atom. The van der Waals surface area contributed by atoms with E-state index >= 15 is 0 Å². The van der Waals surface area contributed by atoms with Crippen molar-refractivity contribution < 1.29 is 14.6 Å². The second kappa shape index (κ2) is 5.11. The van der Waals surface area contributed by atoms with Gasteiger partial charge in [0.05, 0.1) is 13.0 Å². The fourth-order valence-corrected chi connectivity index (χ4v) is 2.68. The van der Waals surface area contributed by atoms with E-state index in [9.17, 15) is 4.79 Å². The van der Waals surface area contributed by atoms with Gasteiger partial charge in [-0.3, -0.25) is 4.79 Å². The third kappa shape index (κ3) is 2.53. The first kappa shape index (κ1) is 13.7. The van der Waals surface area contributed by atoms with Gasteiger partial charge in [-0.15, -0.1) is 0 Å². The number of aliphatic carboxylic acids is 1. The fraction of sp³-hybridized carbons (Fsp3) is 0.533. The molecular formula is C15H21NO3. The van der Waals surface area contributed by atoms with Gasteiger partial charge in [0.1, 0.15) is 5.75 Å². The van der Waals surface area contributed by atoms with Crippen LogP contribution in [0.4, 0.5) is 5.69 Å². The van der Waals surface area contributed by atoms with Crippen molar-refractivity contribution in [1.82, 2.24) is 0 Å². The monoisotopic (exact) mass is 263 g/mol. The van der Waals surface area contributed by atoms with Crippen LogP contribution in [-0.2, 0) is 4.79 Å². The van der Waals surface area contributed by atoms with Gasteiger partial charge < -0.3 is 14.7 Å². The second-order valence-electron chi connectivity index (χ2n) is 5.38. The van der Waals surface area contributed by atoms with Crippen molar-refractivity contribution >= 4 is 11.7 Å². The number of rotatable bonds is 4. The number of anilines is 1. The first-order valence-corrected chi connectivity index (χ1v) is 6.55. The molecule has 19 heavy (non-hydrogen) atoms. The molecule has 0 saturated heterocycles. The minimum atomic E-state index is -0.674. The van der Waals surface area contributed by atoms with Gasteiger partial charge in [0, 0.05) is 18.8 Å². The normalized spacial score (nSPS) is 21.7. The summed E-state index contributed by atoms with van der Waals surface area (Å²) in [5, 5.41) is 8.94. The van der Waals surface area contributed by atoms with Crippen molar-refractivity contribution in [2.45, 2.75) is 32.7 Å². The molecule has 0 unspecified atom stereocenters. The largest absolute Gasteiger partial charge is 0.496 e. The zero-order valence-electron chi connectivity index (χ0n) is 11.9. The Labute approximate surface area is 114 Å². The summed E-state index contributed by atoms with van der Waals surface area (Å²) in [6.45, 7) is 4.08. The van der Waals surface area contributed by atoms with Gasteiger partial charge in [0.25, 0.3) is 0 Å². The molecule has 0 aliphatic heterocycles. The zero-order chi connectivity index (χ0) is 14.2. The van der Waals surface area contributed by atoms with Crippen LogP contribution >= 0.6 is 0 Å². The number of hydrogen-bond acceptors (Lipinski definition) is 3. The zero-order valence-corrected chi connectivity index (χ0v) is 11.9. The smallest absolute Gasteiger partial charge is 0.306 e. The molecule has 1 aliphatic rings. The van der Waals surface area contributed by atoms with Gasteiger partial charge in [0.15, 0.2) is 0 Å². The summed E-state index contributed by atoms with van der Waals surface area (Å²) in [6.07, 6.45) is 1.46. The molecule has 4 heteroatoms. The molecule has 0 heterocycles. The number of carbonyl (C=O) groups is 1. The van der Waals surface area contributed by atoms with Crippen molar-refractivity contribution in [2.75, 3.05) is 19.1 Å². The van der Waals surface area contributed by atoms with Gasteiger partial charge in [0.2, 0.25) is 0 Å². The molecular weight excluding hydrogens is 242 g/mol. The number of carboxylic acid groups (broad SMARTS) is 1. The average molecular weight is 263 g/mol. The van der Waals surface area contributed by atoms with E-state index in [0.717, 1.165) is 35.4 Å². The standard InChI is InChI=1S/C15H21NO3/c1-9-6-14(19-4)10(2)5-13(9)16(3)12-7-11(8-12)15(17)18/h5-6,11-12H,7-8H2,1-4H3,(H,17,18). The van der Waals surface area contributed by atoms with Gasteiger partial charge in [-0.1, -0.05) is 0 Å². The second-order valence-corrected chi connectivity index (χ2v) is 5.38. The highest BCUT2D eigenvalue weighted by molar-refractivity contribution is 5.72. The highest BCUT2D eigenvalue weighted by atomic mass is 16.5. The molecule has 2 rings (SSSR count). The lowest BCUT2D eigenvalue weighted by Crippen LogP contribution is -2.45. The minimum Gasteiger partial charge on any atom is -0.496 e. The quantitative estimate of drug-likeness (QED) is 0.907. The molecule has 1 fully saturated rings. The highest BCUT2D eigenvalue weighted by Crippen LogP contribution is 2.36. The highest BCUT2D eigenvalue weighted by Gasteiger charge is 2.37. The molecule has 104 valence electrons. The molecule has 0 bridgehead atoms.